The van der Waals surface area contributed by atoms with Crippen LogP contribution in [0.2, 0.25) is 0 Å². The maximum atomic E-state index is 11.9. The molecule has 0 bridgehead atoms. The van der Waals surface area contributed by atoms with Gasteiger partial charge in [0, 0.05) is 32.3 Å². The summed E-state index contributed by atoms with van der Waals surface area (Å²) in [5.74, 6) is -0.135. The van der Waals surface area contributed by atoms with Gasteiger partial charge in [-0.3, -0.25) is 9.59 Å². The molecule has 0 heterocycles. The molecule has 0 fully saturated rings. The Kier molecular flexibility index (Phi) is 6.95. The van der Waals surface area contributed by atoms with Gasteiger partial charge in [-0.05, 0) is 31.0 Å². The van der Waals surface area contributed by atoms with Crippen molar-refractivity contribution < 1.29 is 9.59 Å². The summed E-state index contributed by atoms with van der Waals surface area (Å²) in [6.07, 6.45) is 7.54. The molecule has 4 heteroatoms. The minimum Gasteiger partial charge on any atom is -0.352 e. The SMILES string of the molecule is CC=CC=CC(=O)NCCc1cccc(C(=O)N(C)C)c1. The molecule has 1 N–H and O–H groups in total. The third-order valence-corrected chi connectivity index (χ3v) is 2.84. The summed E-state index contributed by atoms with van der Waals surface area (Å²) in [7, 11) is 3.46. The summed E-state index contributed by atoms with van der Waals surface area (Å²) < 4.78 is 0. The Bertz CT molecular complexity index is 545. The fourth-order valence-electron chi connectivity index (χ4n) is 1.76. The highest BCUT2D eigenvalue weighted by molar-refractivity contribution is 5.94. The minimum atomic E-state index is -0.117. The van der Waals surface area contributed by atoms with Crippen molar-refractivity contribution >= 4 is 11.8 Å². The molecular formula is C17H22N2O2. The second-order valence-corrected chi connectivity index (χ2v) is 4.83. The molecule has 0 aromatic heterocycles. The van der Waals surface area contributed by atoms with Crippen molar-refractivity contribution in [2.75, 3.05) is 20.6 Å². The Labute approximate surface area is 126 Å². The summed E-state index contributed by atoms with van der Waals surface area (Å²) in [4.78, 5) is 24.9. The van der Waals surface area contributed by atoms with Crippen LogP contribution in [0.15, 0.2) is 48.6 Å². The van der Waals surface area contributed by atoms with Crippen molar-refractivity contribution in [3.63, 3.8) is 0 Å². The molecule has 0 spiro atoms. The molecule has 112 valence electrons. The van der Waals surface area contributed by atoms with E-state index in [0.29, 0.717) is 18.5 Å². The van der Waals surface area contributed by atoms with Gasteiger partial charge in [0.15, 0.2) is 0 Å². The van der Waals surface area contributed by atoms with E-state index in [2.05, 4.69) is 5.32 Å². The Hall–Kier alpha value is -2.36. The first-order chi connectivity index (χ1) is 10.0. The molecule has 0 saturated carbocycles. The third-order valence-electron chi connectivity index (χ3n) is 2.84. The van der Waals surface area contributed by atoms with E-state index in [4.69, 9.17) is 0 Å². The van der Waals surface area contributed by atoms with Gasteiger partial charge in [0.05, 0.1) is 0 Å². The largest absolute Gasteiger partial charge is 0.352 e. The quantitative estimate of drug-likeness (QED) is 0.643. The van der Waals surface area contributed by atoms with E-state index in [1.165, 1.54) is 6.08 Å². The number of benzene rings is 1. The summed E-state index contributed by atoms with van der Waals surface area (Å²) in [6, 6.07) is 7.47. The second kappa shape index (κ2) is 8.74. The van der Waals surface area contributed by atoms with E-state index < -0.39 is 0 Å². The Balaban J connectivity index is 2.51. The zero-order valence-corrected chi connectivity index (χ0v) is 12.8. The van der Waals surface area contributed by atoms with Gasteiger partial charge in [0.1, 0.15) is 0 Å². The lowest BCUT2D eigenvalue weighted by Crippen LogP contribution is -2.24. The predicted molar refractivity (Wildman–Crippen MR) is 85.1 cm³/mol. The lowest BCUT2D eigenvalue weighted by molar-refractivity contribution is -0.116. The maximum Gasteiger partial charge on any atom is 0.253 e. The van der Waals surface area contributed by atoms with Gasteiger partial charge in [0.25, 0.3) is 5.91 Å². The van der Waals surface area contributed by atoms with Crippen LogP contribution in [0.1, 0.15) is 22.8 Å². The van der Waals surface area contributed by atoms with Gasteiger partial charge in [-0.15, -0.1) is 0 Å². The number of amides is 2. The van der Waals surface area contributed by atoms with Crippen LogP contribution in [-0.4, -0.2) is 37.4 Å². The molecule has 1 aromatic rings. The number of nitrogens with zero attached hydrogens (tertiary/aromatic N) is 1. The van der Waals surface area contributed by atoms with E-state index >= 15 is 0 Å². The number of carbonyl (C=O) groups is 2. The molecule has 21 heavy (non-hydrogen) atoms. The van der Waals surface area contributed by atoms with E-state index in [-0.39, 0.29) is 11.8 Å². The van der Waals surface area contributed by atoms with E-state index in [0.717, 1.165) is 5.56 Å². The highest BCUT2D eigenvalue weighted by Crippen LogP contribution is 2.07. The van der Waals surface area contributed by atoms with Crippen LogP contribution in [-0.2, 0) is 11.2 Å². The van der Waals surface area contributed by atoms with E-state index in [1.54, 1.807) is 37.2 Å². The van der Waals surface area contributed by atoms with E-state index in [9.17, 15) is 9.59 Å². The van der Waals surface area contributed by atoms with Gasteiger partial charge in [-0.1, -0.05) is 30.4 Å². The minimum absolute atomic E-state index is 0.0184. The standard InChI is InChI=1S/C17H22N2O2/c1-4-5-6-10-16(20)18-12-11-14-8-7-9-15(13-14)17(21)19(2)3/h4-10,13H,11-12H2,1-3H3,(H,18,20). The predicted octanol–water partition coefficient (Wildman–Crippen LogP) is 2.18. The fourth-order valence-corrected chi connectivity index (χ4v) is 1.76. The van der Waals surface area contributed by atoms with Crippen LogP contribution < -0.4 is 5.32 Å². The molecule has 0 radical (unpaired) electrons. The van der Waals surface area contributed by atoms with E-state index in [1.807, 2.05) is 31.2 Å². The van der Waals surface area contributed by atoms with Gasteiger partial charge in [-0.25, -0.2) is 0 Å². The smallest absolute Gasteiger partial charge is 0.253 e. The lowest BCUT2D eigenvalue weighted by atomic mass is 10.1. The van der Waals surface area contributed by atoms with Crippen molar-refractivity contribution in [3.8, 4) is 0 Å². The number of nitrogens with one attached hydrogen (secondary N) is 1. The Morgan fingerprint density at radius 3 is 2.67 bits per heavy atom. The summed E-state index contributed by atoms with van der Waals surface area (Å²) in [5.41, 5.74) is 1.69. The molecule has 1 aromatic carbocycles. The zero-order chi connectivity index (χ0) is 15.7. The van der Waals surface area contributed by atoms with Crippen molar-refractivity contribution in [3.05, 3.63) is 59.7 Å². The topological polar surface area (TPSA) is 49.4 Å². The van der Waals surface area contributed by atoms with Gasteiger partial charge in [-0.2, -0.15) is 0 Å². The first-order valence-corrected chi connectivity index (χ1v) is 6.92. The molecule has 0 aliphatic heterocycles. The average molecular weight is 286 g/mol. The Morgan fingerprint density at radius 2 is 2.00 bits per heavy atom. The maximum absolute atomic E-state index is 11.9. The number of hydrogen-bond donors (Lipinski definition) is 1. The average Bonchev–Trinajstić information content (AvgIpc) is 2.47. The number of allylic oxidation sites excluding steroid dienone is 3. The van der Waals surface area contributed by atoms with Crippen LogP contribution >= 0.6 is 0 Å². The number of hydrogen-bond acceptors (Lipinski definition) is 2. The molecule has 0 aliphatic carbocycles. The van der Waals surface area contributed by atoms with Crippen LogP contribution in [0.3, 0.4) is 0 Å². The lowest BCUT2D eigenvalue weighted by Gasteiger charge is -2.11. The molecule has 2 amide bonds. The Morgan fingerprint density at radius 1 is 1.24 bits per heavy atom. The van der Waals surface area contributed by atoms with Crippen molar-refractivity contribution in [1.82, 2.24) is 10.2 Å². The molecule has 4 nitrogen and oxygen atoms in total. The molecule has 0 aliphatic rings. The highest BCUT2D eigenvalue weighted by Gasteiger charge is 2.07. The monoisotopic (exact) mass is 286 g/mol. The van der Waals surface area contributed by atoms with Crippen LogP contribution in [0, 0.1) is 0 Å². The van der Waals surface area contributed by atoms with Crippen molar-refractivity contribution in [1.29, 1.82) is 0 Å². The first-order valence-electron chi connectivity index (χ1n) is 6.92. The summed E-state index contributed by atoms with van der Waals surface area (Å²) in [6.45, 7) is 2.43. The molecular weight excluding hydrogens is 264 g/mol. The second-order valence-electron chi connectivity index (χ2n) is 4.83. The molecule has 0 unspecified atom stereocenters. The summed E-state index contributed by atoms with van der Waals surface area (Å²) >= 11 is 0. The van der Waals surface area contributed by atoms with Gasteiger partial charge < -0.3 is 10.2 Å². The molecule has 1 rings (SSSR count). The third kappa shape index (κ3) is 6.08. The van der Waals surface area contributed by atoms with Crippen molar-refractivity contribution in [2.24, 2.45) is 0 Å². The van der Waals surface area contributed by atoms with Crippen LogP contribution in [0.4, 0.5) is 0 Å². The van der Waals surface area contributed by atoms with Crippen LogP contribution in [0.25, 0.3) is 0 Å². The van der Waals surface area contributed by atoms with Crippen molar-refractivity contribution in [2.45, 2.75) is 13.3 Å². The molecule has 0 atom stereocenters. The fraction of sp³-hybridized carbons (Fsp3) is 0.294. The zero-order valence-electron chi connectivity index (χ0n) is 12.8. The van der Waals surface area contributed by atoms with Gasteiger partial charge >= 0.3 is 0 Å². The first kappa shape index (κ1) is 16.7. The number of rotatable bonds is 6. The molecule has 0 saturated heterocycles. The normalized spacial score (nSPS) is 11.0. The number of carbonyl (C=O) groups excluding carboxylic acids is 2. The van der Waals surface area contributed by atoms with Gasteiger partial charge in [0.2, 0.25) is 5.91 Å². The highest BCUT2D eigenvalue weighted by atomic mass is 16.2. The van der Waals surface area contributed by atoms with Crippen LogP contribution in [0.5, 0.6) is 0 Å². The summed E-state index contributed by atoms with van der Waals surface area (Å²) in [5, 5.41) is 2.81.